The SMILES string of the molecule is COc1cc(CNS(=O)(=O)c2ccc(NC(N)=S)c(Cc3ccc(C(F)(F)F)cc3)c2)c(Cl)cc1O. The van der Waals surface area contributed by atoms with Gasteiger partial charge in [-0.05, 0) is 71.7 Å². The maximum atomic E-state index is 13.0. The third-order valence-electron chi connectivity index (χ3n) is 5.12. The molecule has 0 unspecified atom stereocenters. The normalized spacial score (nSPS) is 11.8. The number of ether oxygens (including phenoxy) is 1. The minimum atomic E-state index is -4.47. The van der Waals surface area contributed by atoms with Crippen molar-refractivity contribution >= 4 is 44.6 Å². The van der Waals surface area contributed by atoms with Crippen LogP contribution in [-0.4, -0.2) is 25.7 Å². The van der Waals surface area contributed by atoms with E-state index in [9.17, 15) is 26.7 Å². The topological polar surface area (TPSA) is 114 Å². The van der Waals surface area contributed by atoms with E-state index in [1.165, 1.54) is 49.6 Å². The van der Waals surface area contributed by atoms with E-state index in [4.69, 9.17) is 34.3 Å². The third-order valence-corrected chi connectivity index (χ3v) is 6.97. The van der Waals surface area contributed by atoms with Crippen LogP contribution in [0.5, 0.6) is 11.5 Å². The first kappa shape index (κ1) is 27.5. The number of hydrogen-bond acceptors (Lipinski definition) is 5. The number of anilines is 1. The zero-order chi connectivity index (χ0) is 26.7. The Morgan fingerprint density at radius 1 is 1.11 bits per heavy atom. The number of methoxy groups -OCH3 is 1. The summed E-state index contributed by atoms with van der Waals surface area (Å²) in [6.45, 7) is -0.196. The second-order valence-corrected chi connectivity index (χ2v) is 10.2. The van der Waals surface area contributed by atoms with Crippen LogP contribution in [0, 0.1) is 0 Å². The molecule has 0 atom stereocenters. The standard InChI is InChI=1S/C23H21ClF3N3O4S2/c1-34-21-10-15(18(24)11-20(21)31)12-29-36(32,33)17-6-7-19(30-22(28)35)14(9-17)8-13-2-4-16(5-3-13)23(25,26)27/h2-7,9-11,29,31H,8,12H2,1H3,(H3,28,30,35). The number of nitrogens with two attached hydrogens (primary N) is 1. The number of halogens is 4. The van der Waals surface area contributed by atoms with Crippen molar-refractivity contribution in [3.8, 4) is 11.5 Å². The lowest BCUT2D eigenvalue weighted by Crippen LogP contribution is -2.24. The van der Waals surface area contributed by atoms with Gasteiger partial charge in [-0.1, -0.05) is 23.7 Å². The van der Waals surface area contributed by atoms with E-state index in [0.717, 1.165) is 12.1 Å². The monoisotopic (exact) mass is 559 g/mol. The van der Waals surface area contributed by atoms with Crippen LogP contribution in [0.3, 0.4) is 0 Å². The minimum Gasteiger partial charge on any atom is -0.504 e. The van der Waals surface area contributed by atoms with Gasteiger partial charge in [0.1, 0.15) is 0 Å². The molecule has 0 amide bonds. The minimum absolute atomic E-state index is 0.0617. The second-order valence-electron chi connectivity index (χ2n) is 7.62. The molecule has 192 valence electrons. The fraction of sp³-hybridized carbons (Fsp3) is 0.174. The number of alkyl halides is 3. The summed E-state index contributed by atoms with van der Waals surface area (Å²) in [7, 11) is -2.70. The van der Waals surface area contributed by atoms with E-state index in [2.05, 4.69) is 10.0 Å². The Hall–Kier alpha value is -3.06. The summed E-state index contributed by atoms with van der Waals surface area (Å²) >= 11 is 11.0. The van der Waals surface area contributed by atoms with Crippen molar-refractivity contribution in [2.24, 2.45) is 5.73 Å². The fourth-order valence-electron chi connectivity index (χ4n) is 3.31. The highest BCUT2D eigenvalue weighted by molar-refractivity contribution is 7.89. The van der Waals surface area contributed by atoms with Crippen LogP contribution >= 0.6 is 23.8 Å². The van der Waals surface area contributed by atoms with Crippen LogP contribution in [-0.2, 0) is 29.2 Å². The predicted molar refractivity (Wildman–Crippen MR) is 135 cm³/mol. The summed E-state index contributed by atoms with van der Waals surface area (Å²) in [5, 5.41) is 12.6. The zero-order valence-electron chi connectivity index (χ0n) is 18.7. The molecule has 0 aromatic heterocycles. The van der Waals surface area contributed by atoms with Crippen LogP contribution in [0.4, 0.5) is 18.9 Å². The number of phenols is 1. The Bertz CT molecular complexity index is 1380. The van der Waals surface area contributed by atoms with Crippen LogP contribution in [0.1, 0.15) is 22.3 Å². The first-order chi connectivity index (χ1) is 16.8. The van der Waals surface area contributed by atoms with Gasteiger partial charge in [0.2, 0.25) is 10.0 Å². The van der Waals surface area contributed by atoms with Gasteiger partial charge in [-0.3, -0.25) is 0 Å². The lowest BCUT2D eigenvalue weighted by Gasteiger charge is -2.15. The summed E-state index contributed by atoms with van der Waals surface area (Å²) in [5.74, 6) is -0.0662. The van der Waals surface area contributed by atoms with E-state index in [-0.39, 0.29) is 39.5 Å². The molecule has 0 aliphatic heterocycles. The molecular weight excluding hydrogens is 539 g/mol. The molecule has 0 saturated carbocycles. The van der Waals surface area contributed by atoms with Crippen LogP contribution in [0.25, 0.3) is 0 Å². The molecule has 0 bridgehead atoms. The molecule has 0 radical (unpaired) electrons. The van der Waals surface area contributed by atoms with Gasteiger partial charge in [0.15, 0.2) is 16.6 Å². The van der Waals surface area contributed by atoms with Gasteiger partial charge in [0.25, 0.3) is 0 Å². The van der Waals surface area contributed by atoms with Crippen LogP contribution < -0.4 is 20.5 Å². The molecular formula is C23H21ClF3N3O4S2. The summed E-state index contributed by atoms with van der Waals surface area (Å²) in [6, 6.07) is 11.3. The van der Waals surface area contributed by atoms with Gasteiger partial charge in [-0.2, -0.15) is 13.2 Å². The molecule has 3 aromatic rings. The number of hydrogen-bond donors (Lipinski definition) is 4. The molecule has 7 nitrogen and oxygen atoms in total. The third kappa shape index (κ3) is 6.78. The van der Waals surface area contributed by atoms with Gasteiger partial charge < -0.3 is 20.9 Å². The first-order valence-corrected chi connectivity index (χ1v) is 12.5. The molecule has 0 fully saturated rings. The lowest BCUT2D eigenvalue weighted by atomic mass is 10.0. The van der Waals surface area contributed by atoms with Gasteiger partial charge in [-0.25, -0.2) is 13.1 Å². The van der Waals surface area contributed by atoms with Crippen LogP contribution in [0.15, 0.2) is 59.5 Å². The number of sulfonamides is 1. The number of nitrogens with one attached hydrogen (secondary N) is 2. The molecule has 3 aromatic carbocycles. The van der Waals surface area contributed by atoms with Gasteiger partial charge in [0, 0.05) is 23.3 Å². The van der Waals surface area contributed by atoms with E-state index in [0.29, 0.717) is 22.4 Å². The van der Waals surface area contributed by atoms with Crippen LogP contribution in [0.2, 0.25) is 5.02 Å². The molecule has 3 rings (SSSR count). The molecule has 13 heteroatoms. The molecule has 0 heterocycles. The first-order valence-electron chi connectivity index (χ1n) is 10.2. The molecule has 5 N–H and O–H groups in total. The molecule has 0 saturated heterocycles. The van der Waals surface area contributed by atoms with E-state index < -0.39 is 21.8 Å². The van der Waals surface area contributed by atoms with Gasteiger partial charge >= 0.3 is 6.18 Å². The fourth-order valence-corrected chi connectivity index (χ4v) is 4.70. The largest absolute Gasteiger partial charge is 0.504 e. The van der Waals surface area contributed by atoms with Crippen molar-refractivity contribution in [1.29, 1.82) is 0 Å². The van der Waals surface area contributed by atoms with Crippen molar-refractivity contribution in [3.05, 3.63) is 81.9 Å². The Kier molecular flexibility index (Phi) is 8.34. The molecule has 0 aliphatic rings. The van der Waals surface area contributed by atoms with E-state index in [1.54, 1.807) is 0 Å². The Balaban J connectivity index is 1.89. The second kappa shape index (κ2) is 10.9. The van der Waals surface area contributed by atoms with Gasteiger partial charge in [0.05, 0.1) is 17.6 Å². The lowest BCUT2D eigenvalue weighted by molar-refractivity contribution is -0.137. The molecule has 36 heavy (non-hydrogen) atoms. The van der Waals surface area contributed by atoms with Crippen molar-refractivity contribution < 1.29 is 31.4 Å². The Labute approximate surface area is 216 Å². The van der Waals surface area contributed by atoms with Crippen molar-refractivity contribution in [3.63, 3.8) is 0 Å². The number of aromatic hydroxyl groups is 1. The summed E-state index contributed by atoms with van der Waals surface area (Å²) in [5.41, 5.74) is 6.50. The maximum Gasteiger partial charge on any atom is 0.416 e. The van der Waals surface area contributed by atoms with E-state index in [1.807, 2.05) is 0 Å². The quantitative estimate of drug-likeness (QED) is 0.293. The highest BCUT2D eigenvalue weighted by Crippen LogP contribution is 2.33. The number of thiocarbonyl (C=S) groups is 1. The Morgan fingerprint density at radius 2 is 1.78 bits per heavy atom. The molecule has 0 aliphatic carbocycles. The van der Waals surface area contributed by atoms with E-state index >= 15 is 0 Å². The van der Waals surface area contributed by atoms with Crippen molar-refractivity contribution in [1.82, 2.24) is 4.72 Å². The summed E-state index contributed by atoms with van der Waals surface area (Å²) in [6.07, 6.45) is -4.37. The summed E-state index contributed by atoms with van der Waals surface area (Å²) in [4.78, 5) is -0.0974. The van der Waals surface area contributed by atoms with Crippen molar-refractivity contribution in [2.45, 2.75) is 24.0 Å². The average molecular weight is 560 g/mol. The van der Waals surface area contributed by atoms with Crippen molar-refractivity contribution in [2.75, 3.05) is 12.4 Å². The van der Waals surface area contributed by atoms with Gasteiger partial charge in [-0.15, -0.1) is 0 Å². The number of phenolic OH excluding ortho intramolecular Hbond substituents is 1. The highest BCUT2D eigenvalue weighted by Gasteiger charge is 2.30. The highest BCUT2D eigenvalue weighted by atomic mass is 35.5. The summed E-state index contributed by atoms with van der Waals surface area (Å²) < 4.78 is 72.1. The average Bonchev–Trinajstić information content (AvgIpc) is 2.79. The predicted octanol–water partition coefficient (Wildman–Crippen LogP) is 4.80. The number of benzene rings is 3. The molecule has 0 spiro atoms. The number of rotatable bonds is 8. The zero-order valence-corrected chi connectivity index (χ0v) is 21.1. The Morgan fingerprint density at radius 3 is 2.36 bits per heavy atom. The maximum absolute atomic E-state index is 13.0. The smallest absolute Gasteiger partial charge is 0.416 e.